The molecule has 0 saturated heterocycles. The molecular formula is C23H17F4N3O3. The van der Waals surface area contributed by atoms with E-state index in [0.29, 0.717) is 16.6 Å². The molecule has 2 aromatic heterocycles. The second-order valence-corrected chi connectivity index (χ2v) is 7.92. The maximum Gasteiger partial charge on any atom is 0.270 e. The smallest absolute Gasteiger partial charge is 0.270 e. The Labute approximate surface area is 183 Å². The van der Waals surface area contributed by atoms with Gasteiger partial charge in [-0.2, -0.15) is 0 Å². The average Bonchev–Trinajstić information content (AvgIpc) is 3.21. The van der Waals surface area contributed by atoms with Crippen molar-refractivity contribution in [1.29, 1.82) is 0 Å². The van der Waals surface area contributed by atoms with Gasteiger partial charge in [0.2, 0.25) is 0 Å². The molecule has 0 saturated carbocycles. The Hall–Kier alpha value is -3.66. The number of carbonyl (C=O) groups is 1. The van der Waals surface area contributed by atoms with E-state index in [9.17, 15) is 27.2 Å². The molecule has 10 heteroatoms. The van der Waals surface area contributed by atoms with E-state index in [1.807, 2.05) is 0 Å². The summed E-state index contributed by atoms with van der Waals surface area (Å²) in [7, 11) is 1.51. The van der Waals surface area contributed by atoms with Crippen LogP contribution >= 0.6 is 0 Å². The van der Waals surface area contributed by atoms with Gasteiger partial charge in [0.1, 0.15) is 17.3 Å². The zero-order valence-corrected chi connectivity index (χ0v) is 17.2. The van der Waals surface area contributed by atoms with Crippen molar-refractivity contribution < 1.29 is 27.1 Å². The summed E-state index contributed by atoms with van der Waals surface area (Å²) in [6, 6.07) is 6.24. The van der Waals surface area contributed by atoms with Gasteiger partial charge < -0.3 is 19.6 Å². The topological polar surface area (TPSA) is 78.2 Å². The Balaban J connectivity index is 1.59. The number of nitrogens with one attached hydrogen (secondary N) is 2. The molecule has 2 aromatic carbocycles. The first-order valence-electron chi connectivity index (χ1n) is 10.0. The number of halogens is 4. The molecule has 170 valence electrons. The number of fused-ring (bicyclic) bond motifs is 4. The summed E-state index contributed by atoms with van der Waals surface area (Å²) in [5, 5.41) is 0.680. The molecule has 0 unspecified atom stereocenters. The van der Waals surface area contributed by atoms with E-state index in [0.717, 1.165) is 18.2 Å². The number of amides is 1. The van der Waals surface area contributed by atoms with Gasteiger partial charge in [-0.3, -0.25) is 9.59 Å². The van der Waals surface area contributed by atoms with Crippen LogP contribution < -0.4 is 5.56 Å². The number of nitrogens with zero attached hydrogens (tertiary/aromatic N) is 1. The molecule has 0 spiro atoms. The third-order valence-electron chi connectivity index (χ3n) is 5.95. The number of hydrogen-bond acceptors (Lipinski definition) is 3. The summed E-state index contributed by atoms with van der Waals surface area (Å²) in [6.07, 6.45) is -2.91. The highest BCUT2D eigenvalue weighted by molar-refractivity contribution is 5.99. The van der Waals surface area contributed by atoms with Gasteiger partial charge in [0.05, 0.1) is 24.6 Å². The van der Waals surface area contributed by atoms with Crippen molar-refractivity contribution in [3.8, 4) is 0 Å². The van der Waals surface area contributed by atoms with E-state index in [4.69, 9.17) is 4.74 Å². The first-order valence-corrected chi connectivity index (χ1v) is 10.0. The second kappa shape index (κ2) is 7.73. The molecule has 6 nitrogen and oxygen atoms in total. The quantitative estimate of drug-likeness (QED) is 0.441. The molecule has 1 amide bonds. The van der Waals surface area contributed by atoms with Crippen LogP contribution in [-0.2, 0) is 11.3 Å². The van der Waals surface area contributed by atoms with E-state index in [-0.39, 0.29) is 35.2 Å². The van der Waals surface area contributed by atoms with Gasteiger partial charge in [-0.1, -0.05) is 6.07 Å². The van der Waals surface area contributed by atoms with Crippen LogP contribution in [0.25, 0.3) is 21.7 Å². The number of carbonyl (C=O) groups excluding carboxylic acids is 1. The molecule has 2 N–H and O–H groups in total. The molecule has 4 aromatic rings. The van der Waals surface area contributed by atoms with E-state index >= 15 is 0 Å². The van der Waals surface area contributed by atoms with Crippen LogP contribution in [0.15, 0.2) is 41.2 Å². The minimum atomic E-state index is -2.91. The molecule has 3 heterocycles. The summed E-state index contributed by atoms with van der Waals surface area (Å²) in [5.74, 6) is -1.96. The molecule has 0 fully saturated rings. The number of alkyl halides is 2. The highest BCUT2D eigenvalue weighted by Crippen LogP contribution is 2.35. The summed E-state index contributed by atoms with van der Waals surface area (Å²) < 4.78 is 59.8. The van der Waals surface area contributed by atoms with E-state index < -0.39 is 41.1 Å². The highest BCUT2D eigenvalue weighted by Gasteiger charge is 2.32. The lowest BCUT2D eigenvalue weighted by Gasteiger charge is -2.33. The van der Waals surface area contributed by atoms with Gasteiger partial charge in [-0.05, 0) is 35.7 Å². The Kier molecular flexibility index (Phi) is 4.97. The van der Waals surface area contributed by atoms with Crippen molar-refractivity contribution in [2.45, 2.75) is 19.1 Å². The van der Waals surface area contributed by atoms with Gasteiger partial charge in [0.15, 0.2) is 0 Å². The largest absolute Gasteiger partial charge is 0.373 e. The Morgan fingerprint density at radius 3 is 2.61 bits per heavy atom. The first-order chi connectivity index (χ1) is 15.7. The monoisotopic (exact) mass is 459 g/mol. The predicted molar refractivity (Wildman–Crippen MR) is 112 cm³/mol. The van der Waals surface area contributed by atoms with Gasteiger partial charge in [-0.25, -0.2) is 17.6 Å². The van der Waals surface area contributed by atoms with Crippen LogP contribution in [-0.4, -0.2) is 34.4 Å². The number of aromatic amines is 2. The first kappa shape index (κ1) is 21.2. The molecule has 0 bridgehead atoms. The number of aromatic nitrogens is 2. The second-order valence-electron chi connectivity index (χ2n) is 7.92. The van der Waals surface area contributed by atoms with Crippen LogP contribution in [0.4, 0.5) is 17.6 Å². The van der Waals surface area contributed by atoms with Crippen molar-refractivity contribution in [2.75, 3.05) is 13.7 Å². The van der Waals surface area contributed by atoms with Crippen LogP contribution in [0.1, 0.15) is 39.8 Å². The highest BCUT2D eigenvalue weighted by atomic mass is 19.3. The third-order valence-corrected chi connectivity index (χ3v) is 5.95. The Bertz CT molecular complexity index is 1480. The Morgan fingerprint density at radius 1 is 1.06 bits per heavy atom. The lowest BCUT2D eigenvalue weighted by atomic mass is 9.95. The normalized spacial score (nSPS) is 15.9. The fourth-order valence-electron chi connectivity index (χ4n) is 4.39. The standard InChI is InChI=1S/C23H17F4N3O3/c1-30(23(32)17-7-13-14(21(26)27)5-11(25)6-16(13)28-17)19-9-33-8-18-20(19)12-3-2-10(24)4-15(12)22(31)29-18/h2-7,19,21,28H,8-9H2,1H3,(H,29,31)/t19-/m0/s1. The van der Waals surface area contributed by atoms with Crippen molar-refractivity contribution in [3.63, 3.8) is 0 Å². The molecule has 0 aliphatic carbocycles. The van der Waals surface area contributed by atoms with Crippen molar-refractivity contribution >= 4 is 27.6 Å². The molecule has 1 aliphatic rings. The average molecular weight is 459 g/mol. The zero-order valence-electron chi connectivity index (χ0n) is 17.2. The minimum absolute atomic E-state index is 0.00750. The van der Waals surface area contributed by atoms with Gasteiger partial charge in [0.25, 0.3) is 17.9 Å². The molecule has 5 rings (SSSR count). The van der Waals surface area contributed by atoms with Crippen LogP contribution in [0.5, 0.6) is 0 Å². The number of ether oxygens (including phenoxy) is 1. The number of likely N-dealkylation sites (N-methyl/N-ethyl adjacent to an activating group) is 1. The maximum atomic E-state index is 13.8. The van der Waals surface area contributed by atoms with Crippen LogP contribution in [0.3, 0.4) is 0 Å². The molecule has 1 atom stereocenters. The van der Waals surface area contributed by atoms with Crippen molar-refractivity contribution in [2.24, 2.45) is 0 Å². The fraction of sp³-hybridized carbons (Fsp3) is 0.217. The zero-order chi connectivity index (χ0) is 23.4. The summed E-state index contributed by atoms with van der Waals surface area (Å²) >= 11 is 0. The van der Waals surface area contributed by atoms with Crippen molar-refractivity contribution in [3.05, 3.63) is 80.9 Å². The number of hydrogen-bond donors (Lipinski definition) is 2. The van der Waals surface area contributed by atoms with E-state index in [1.165, 1.54) is 30.1 Å². The molecular weight excluding hydrogens is 442 g/mol. The number of H-pyrrole nitrogens is 2. The van der Waals surface area contributed by atoms with Crippen LogP contribution in [0, 0.1) is 11.6 Å². The SMILES string of the molecule is CN(C(=O)c1cc2c(C(F)F)cc(F)cc2[nH]1)[C@H]1COCc2[nH]c(=O)c3cc(F)ccc3c21. The van der Waals surface area contributed by atoms with Gasteiger partial charge in [-0.15, -0.1) is 0 Å². The fourth-order valence-corrected chi connectivity index (χ4v) is 4.39. The third kappa shape index (κ3) is 3.46. The lowest BCUT2D eigenvalue weighted by Crippen LogP contribution is -2.37. The molecule has 33 heavy (non-hydrogen) atoms. The summed E-state index contributed by atoms with van der Waals surface area (Å²) in [4.78, 5) is 32.4. The number of rotatable bonds is 3. The van der Waals surface area contributed by atoms with Gasteiger partial charge >= 0.3 is 0 Å². The van der Waals surface area contributed by atoms with Crippen LogP contribution in [0.2, 0.25) is 0 Å². The summed E-state index contributed by atoms with van der Waals surface area (Å²) in [6.45, 7) is 0.213. The summed E-state index contributed by atoms with van der Waals surface area (Å²) in [5.41, 5.74) is 0.161. The number of benzene rings is 2. The van der Waals surface area contributed by atoms with Gasteiger partial charge in [0, 0.05) is 34.8 Å². The van der Waals surface area contributed by atoms with E-state index in [2.05, 4.69) is 9.97 Å². The van der Waals surface area contributed by atoms with E-state index in [1.54, 1.807) is 0 Å². The molecule has 1 aliphatic heterocycles. The van der Waals surface area contributed by atoms with Crippen molar-refractivity contribution in [1.82, 2.24) is 14.9 Å². The number of pyridine rings is 1. The molecule has 0 radical (unpaired) electrons. The predicted octanol–water partition coefficient (Wildman–Crippen LogP) is 4.57. The Morgan fingerprint density at radius 2 is 1.85 bits per heavy atom. The maximum absolute atomic E-state index is 13.8. The lowest BCUT2D eigenvalue weighted by molar-refractivity contribution is 0.0333. The minimum Gasteiger partial charge on any atom is -0.373 e.